The Labute approximate surface area is 212 Å². The standard InChI is InChI=1S/C27H36N5O3Si/c1-7-8-18-17(9-12-21-25(18)31-32-30-21)15-28-16-23(35-36(5,6)27(2,3)4)19-10-13-22(33)26-20(19)11-14-24(34)29-26/h9-14,23,28,33H,1,7-8,15-16H2,2-6H3,(H,29,34)(H,30,31,32)/t23-/m1/s1. The fourth-order valence-corrected chi connectivity index (χ4v) is 5.53. The second kappa shape index (κ2) is 10.2. The highest BCUT2D eigenvalue weighted by atomic mass is 28.4. The lowest BCUT2D eigenvalue weighted by atomic mass is 10.0. The third kappa shape index (κ3) is 5.23. The van der Waals surface area contributed by atoms with Crippen molar-refractivity contribution >= 4 is 30.3 Å². The van der Waals surface area contributed by atoms with Crippen molar-refractivity contribution in [2.24, 2.45) is 0 Å². The van der Waals surface area contributed by atoms with Crippen molar-refractivity contribution in [2.45, 2.75) is 64.4 Å². The first kappa shape index (κ1) is 26.1. The van der Waals surface area contributed by atoms with E-state index >= 15 is 0 Å². The molecule has 4 rings (SSSR count). The average Bonchev–Trinajstić information content (AvgIpc) is 3.29. The molecule has 36 heavy (non-hydrogen) atoms. The molecule has 4 N–H and O–H groups in total. The number of phenolic OH excluding ortho intramolecular Hbond substituents is 1. The first-order valence-corrected chi connectivity index (χ1v) is 15.3. The smallest absolute Gasteiger partial charge is 0.248 e. The van der Waals surface area contributed by atoms with E-state index in [1.165, 1.54) is 6.07 Å². The Morgan fingerprint density at radius 2 is 1.94 bits per heavy atom. The van der Waals surface area contributed by atoms with Crippen LogP contribution in [0.2, 0.25) is 18.1 Å². The predicted octanol–water partition coefficient (Wildman–Crippen LogP) is 5.12. The van der Waals surface area contributed by atoms with Gasteiger partial charge in [-0.15, -0.1) is 5.10 Å². The van der Waals surface area contributed by atoms with Crippen LogP contribution in [0.5, 0.6) is 5.75 Å². The number of nitrogens with one attached hydrogen (secondary N) is 3. The van der Waals surface area contributed by atoms with E-state index in [-0.39, 0.29) is 22.5 Å². The molecule has 1 radical (unpaired) electrons. The number of rotatable bonds is 9. The van der Waals surface area contributed by atoms with Crippen LogP contribution in [0.15, 0.2) is 41.2 Å². The zero-order valence-corrected chi connectivity index (χ0v) is 22.7. The molecule has 0 aliphatic rings. The second-order valence-corrected chi connectivity index (χ2v) is 15.6. The Morgan fingerprint density at radius 3 is 2.67 bits per heavy atom. The zero-order valence-electron chi connectivity index (χ0n) is 21.7. The molecule has 9 heteroatoms. The highest BCUT2D eigenvalue weighted by Gasteiger charge is 2.39. The number of aryl methyl sites for hydroxylation is 1. The van der Waals surface area contributed by atoms with E-state index in [1.807, 2.05) is 12.1 Å². The molecule has 0 aliphatic heterocycles. The molecule has 0 unspecified atom stereocenters. The molecular weight excluding hydrogens is 470 g/mol. The molecule has 0 aliphatic carbocycles. The first-order chi connectivity index (χ1) is 17.0. The van der Waals surface area contributed by atoms with Gasteiger partial charge in [-0.1, -0.05) is 45.0 Å². The van der Waals surface area contributed by atoms with Crippen LogP contribution in [-0.2, 0) is 17.4 Å². The summed E-state index contributed by atoms with van der Waals surface area (Å²) in [5, 5.41) is 26.0. The molecule has 8 nitrogen and oxygen atoms in total. The zero-order chi connectivity index (χ0) is 26.1. The molecule has 0 spiro atoms. The fourth-order valence-electron chi connectivity index (χ4n) is 4.26. The van der Waals surface area contributed by atoms with Crippen molar-refractivity contribution in [3.63, 3.8) is 0 Å². The monoisotopic (exact) mass is 506 g/mol. The van der Waals surface area contributed by atoms with E-state index in [4.69, 9.17) is 4.43 Å². The molecule has 0 fully saturated rings. The lowest BCUT2D eigenvalue weighted by molar-refractivity contribution is 0.181. The molecule has 4 aromatic rings. The summed E-state index contributed by atoms with van der Waals surface area (Å²) in [6, 6.07) is 10.9. The van der Waals surface area contributed by atoms with Gasteiger partial charge in [0.2, 0.25) is 5.56 Å². The van der Waals surface area contributed by atoms with Crippen LogP contribution < -0.4 is 10.9 Å². The third-order valence-corrected chi connectivity index (χ3v) is 11.8. The molecule has 0 saturated heterocycles. The molecule has 0 amide bonds. The van der Waals surface area contributed by atoms with Crippen molar-refractivity contribution in [2.75, 3.05) is 6.54 Å². The quantitative estimate of drug-likeness (QED) is 0.234. The highest BCUT2D eigenvalue weighted by Crippen LogP contribution is 2.41. The Bertz CT molecular complexity index is 1420. The Kier molecular flexibility index (Phi) is 7.35. The summed E-state index contributed by atoms with van der Waals surface area (Å²) >= 11 is 0. The van der Waals surface area contributed by atoms with E-state index in [0.717, 1.165) is 46.0 Å². The molecule has 2 aromatic carbocycles. The van der Waals surface area contributed by atoms with Crippen LogP contribution in [0.3, 0.4) is 0 Å². The number of benzene rings is 2. The van der Waals surface area contributed by atoms with Gasteiger partial charge in [-0.05, 0) is 65.9 Å². The number of aromatic amines is 2. The molecular formula is C27H36N5O3Si. The average molecular weight is 507 g/mol. The lowest BCUT2D eigenvalue weighted by Crippen LogP contribution is -2.43. The van der Waals surface area contributed by atoms with Crippen molar-refractivity contribution in [1.82, 2.24) is 25.7 Å². The highest BCUT2D eigenvalue weighted by molar-refractivity contribution is 6.74. The molecule has 0 bridgehead atoms. The summed E-state index contributed by atoms with van der Waals surface area (Å²) < 4.78 is 6.91. The largest absolute Gasteiger partial charge is 0.506 e. The van der Waals surface area contributed by atoms with E-state index in [1.54, 1.807) is 12.1 Å². The van der Waals surface area contributed by atoms with Gasteiger partial charge in [0.25, 0.3) is 0 Å². The molecule has 191 valence electrons. The van der Waals surface area contributed by atoms with Crippen molar-refractivity contribution in [1.29, 1.82) is 0 Å². The summed E-state index contributed by atoms with van der Waals surface area (Å²) in [6.45, 7) is 16.3. The van der Waals surface area contributed by atoms with Crippen molar-refractivity contribution in [3.05, 3.63) is 70.4 Å². The maximum atomic E-state index is 11.9. The van der Waals surface area contributed by atoms with Gasteiger partial charge < -0.3 is 19.8 Å². The lowest BCUT2D eigenvalue weighted by Gasteiger charge is -2.39. The van der Waals surface area contributed by atoms with Crippen molar-refractivity contribution < 1.29 is 9.53 Å². The Hall–Kier alpha value is -3.01. The van der Waals surface area contributed by atoms with Gasteiger partial charge in [0.15, 0.2) is 8.32 Å². The normalized spacial score (nSPS) is 13.5. The van der Waals surface area contributed by atoms with E-state index < -0.39 is 8.32 Å². The number of hydrogen-bond donors (Lipinski definition) is 4. The van der Waals surface area contributed by atoms with Crippen molar-refractivity contribution in [3.8, 4) is 5.75 Å². The molecule has 2 heterocycles. The van der Waals surface area contributed by atoms with Gasteiger partial charge >= 0.3 is 0 Å². The SMILES string of the molecule is [CH2]CCc1c(CNC[C@@H](O[Si](C)(C)C(C)(C)C)c2ccc(O)c3[nH]c(=O)ccc23)ccc2[nH]nnc12. The van der Waals surface area contributed by atoms with Crippen LogP contribution >= 0.6 is 0 Å². The summed E-state index contributed by atoms with van der Waals surface area (Å²) in [4.78, 5) is 14.7. The minimum Gasteiger partial charge on any atom is -0.506 e. The number of aromatic nitrogens is 4. The van der Waals surface area contributed by atoms with Gasteiger partial charge in [0.05, 0.1) is 17.1 Å². The fraction of sp³-hybridized carbons (Fsp3) is 0.407. The van der Waals surface area contributed by atoms with Gasteiger partial charge in [-0.3, -0.25) is 9.89 Å². The number of pyridine rings is 1. The maximum Gasteiger partial charge on any atom is 0.248 e. The van der Waals surface area contributed by atoms with Gasteiger partial charge in [0.1, 0.15) is 11.3 Å². The molecule has 2 aromatic heterocycles. The summed E-state index contributed by atoms with van der Waals surface area (Å²) in [6.07, 6.45) is 1.32. The van der Waals surface area contributed by atoms with Crippen LogP contribution in [0.25, 0.3) is 21.9 Å². The van der Waals surface area contributed by atoms with Gasteiger partial charge in [-0.25, -0.2) is 0 Å². The van der Waals surface area contributed by atoms with Gasteiger partial charge in [-0.2, -0.15) is 0 Å². The topological polar surface area (TPSA) is 116 Å². The van der Waals surface area contributed by atoms with Crippen LogP contribution in [0, 0.1) is 6.92 Å². The summed E-state index contributed by atoms with van der Waals surface area (Å²) in [7, 11) is -2.15. The Morgan fingerprint density at radius 1 is 1.17 bits per heavy atom. The number of nitrogens with zero attached hydrogens (tertiary/aromatic N) is 2. The second-order valence-electron chi connectivity index (χ2n) is 10.8. The summed E-state index contributed by atoms with van der Waals surface area (Å²) in [5.41, 5.74) is 5.23. The van der Waals surface area contributed by atoms with Crippen LogP contribution in [0.1, 0.15) is 50.0 Å². The number of fused-ring (bicyclic) bond motifs is 2. The van der Waals surface area contributed by atoms with Crippen LogP contribution in [0.4, 0.5) is 0 Å². The van der Waals surface area contributed by atoms with E-state index in [2.05, 4.69) is 72.6 Å². The number of aromatic hydroxyl groups is 1. The predicted molar refractivity (Wildman–Crippen MR) is 147 cm³/mol. The molecule has 1 atom stereocenters. The summed E-state index contributed by atoms with van der Waals surface area (Å²) in [5.74, 6) is 0.0456. The minimum absolute atomic E-state index is 0.0194. The number of hydrogen-bond acceptors (Lipinski definition) is 6. The maximum absolute atomic E-state index is 11.9. The first-order valence-electron chi connectivity index (χ1n) is 12.4. The van der Waals surface area contributed by atoms with E-state index in [0.29, 0.717) is 18.6 Å². The Balaban J connectivity index is 1.67. The number of phenols is 1. The minimum atomic E-state index is -2.15. The van der Waals surface area contributed by atoms with E-state index in [9.17, 15) is 9.90 Å². The van der Waals surface area contributed by atoms with Crippen LogP contribution in [-0.4, -0.2) is 40.4 Å². The third-order valence-electron chi connectivity index (χ3n) is 7.27. The van der Waals surface area contributed by atoms with Gasteiger partial charge in [0, 0.05) is 24.5 Å². The molecule has 0 saturated carbocycles. The number of H-pyrrole nitrogens is 2.